The van der Waals surface area contributed by atoms with Gasteiger partial charge in [0.15, 0.2) is 5.78 Å². The normalized spacial score (nSPS) is 39.8. The second kappa shape index (κ2) is 7.61. The van der Waals surface area contributed by atoms with E-state index < -0.39 is 29.5 Å². The van der Waals surface area contributed by atoms with E-state index in [1.54, 1.807) is 0 Å². The number of ketones is 1. The van der Waals surface area contributed by atoms with Crippen LogP contribution in [0.4, 0.5) is 0 Å². The van der Waals surface area contributed by atoms with Gasteiger partial charge in [0.2, 0.25) is 0 Å². The summed E-state index contributed by atoms with van der Waals surface area (Å²) < 4.78 is 1.96. The van der Waals surface area contributed by atoms with E-state index in [2.05, 4.69) is 50.4 Å². The predicted molar refractivity (Wildman–Crippen MR) is 133 cm³/mol. The summed E-state index contributed by atoms with van der Waals surface area (Å²) in [4.78, 5) is 12.6. The van der Waals surface area contributed by atoms with Crippen LogP contribution in [0.1, 0.15) is 62.8 Å². The molecule has 6 heteroatoms. The zero-order valence-corrected chi connectivity index (χ0v) is 20.9. The fraction of sp³-hybridized carbons (Fsp3) is 0.586. The summed E-state index contributed by atoms with van der Waals surface area (Å²) in [6.45, 7) is 5.70. The molecule has 3 N–H and O–H groups in total. The first-order chi connectivity index (χ1) is 16.6. The number of hydrogen-bond donors (Lipinski definition) is 3. The minimum atomic E-state index is -1.55. The highest BCUT2D eigenvalue weighted by Gasteiger charge is 2.68. The maximum Gasteiger partial charge on any atom is 0.190 e. The van der Waals surface area contributed by atoms with Gasteiger partial charge in [0.25, 0.3) is 0 Å². The molecular weight excluding hydrogens is 440 g/mol. The van der Waals surface area contributed by atoms with E-state index in [1.807, 2.05) is 11.6 Å². The minimum absolute atomic E-state index is 0.0722. The average molecular weight is 477 g/mol. The summed E-state index contributed by atoms with van der Waals surface area (Å²) in [6, 6.07) is 8.37. The molecule has 186 valence electrons. The fourth-order valence-electron chi connectivity index (χ4n) is 8.61. The number of aryl methyl sites for hydroxylation is 1. The molecular formula is C29H36N2O4. The van der Waals surface area contributed by atoms with Gasteiger partial charge < -0.3 is 15.3 Å². The molecule has 0 saturated heterocycles. The summed E-state index contributed by atoms with van der Waals surface area (Å²) in [5.74, 6) is -0.0313. The summed E-state index contributed by atoms with van der Waals surface area (Å²) >= 11 is 0. The summed E-state index contributed by atoms with van der Waals surface area (Å²) in [5.41, 5.74) is 3.41. The average Bonchev–Trinajstić information content (AvgIpc) is 3.34. The second-order valence-corrected chi connectivity index (χ2v) is 12.1. The molecule has 0 spiro atoms. The van der Waals surface area contributed by atoms with Gasteiger partial charge in [0, 0.05) is 11.6 Å². The van der Waals surface area contributed by atoms with Crippen molar-refractivity contribution in [2.75, 3.05) is 6.61 Å². The molecule has 3 saturated carbocycles. The van der Waals surface area contributed by atoms with Crippen LogP contribution in [0.5, 0.6) is 0 Å². The van der Waals surface area contributed by atoms with Crippen molar-refractivity contribution in [3.8, 4) is 5.69 Å². The van der Waals surface area contributed by atoms with Crippen LogP contribution >= 0.6 is 0 Å². The van der Waals surface area contributed by atoms with Gasteiger partial charge in [-0.1, -0.05) is 37.1 Å². The van der Waals surface area contributed by atoms with Gasteiger partial charge in [0.05, 0.1) is 17.5 Å². The Labute approximate surface area is 206 Å². The van der Waals surface area contributed by atoms with Gasteiger partial charge >= 0.3 is 0 Å². The van der Waals surface area contributed by atoms with E-state index >= 15 is 0 Å². The highest BCUT2D eigenvalue weighted by atomic mass is 16.3. The van der Waals surface area contributed by atoms with Crippen LogP contribution in [0.25, 0.3) is 11.8 Å². The van der Waals surface area contributed by atoms with Crippen LogP contribution in [0.3, 0.4) is 0 Å². The summed E-state index contributed by atoms with van der Waals surface area (Å²) in [5, 5.41) is 37.5. The van der Waals surface area contributed by atoms with E-state index in [4.69, 9.17) is 5.10 Å². The monoisotopic (exact) mass is 476 g/mol. The lowest BCUT2D eigenvalue weighted by Crippen LogP contribution is -2.62. The lowest BCUT2D eigenvalue weighted by Gasteiger charge is -2.60. The van der Waals surface area contributed by atoms with Crippen LogP contribution < -0.4 is 0 Å². The van der Waals surface area contributed by atoms with Crippen LogP contribution in [0.2, 0.25) is 0 Å². The Kier molecular flexibility index (Phi) is 5.03. The van der Waals surface area contributed by atoms with Crippen molar-refractivity contribution in [1.82, 2.24) is 9.78 Å². The van der Waals surface area contributed by atoms with Crippen molar-refractivity contribution in [3.05, 3.63) is 52.9 Å². The summed E-state index contributed by atoms with van der Waals surface area (Å²) in [7, 11) is 0. The number of fused-ring (bicyclic) bond motifs is 6. The van der Waals surface area contributed by atoms with Gasteiger partial charge in [0.1, 0.15) is 12.2 Å². The minimum Gasteiger partial charge on any atom is -0.393 e. The standard InChI is InChI=1S/C29H36N2O4/c1-17-4-7-20(8-5-17)31-15-18-13-27(2)19(12-23(18)30-31)6-9-21-22-10-11-29(35,25(34)16-32)28(22,3)14-24(33)26(21)27/h4-5,7-8,12,15,21-22,24,26,32-33,35H,6,9-11,13-14,16H2,1-3H3/t21-,22-,24-,26+,27-,28-,29-/m0/s1. The van der Waals surface area contributed by atoms with Crippen molar-refractivity contribution in [1.29, 1.82) is 0 Å². The zero-order valence-electron chi connectivity index (χ0n) is 20.9. The predicted octanol–water partition coefficient (Wildman–Crippen LogP) is 3.63. The van der Waals surface area contributed by atoms with Gasteiger partial charge in [-0.05, 0) is 92.4 Å². The molecule has 7 atom stereocenters. The molecule has 2 aromatic rings. The number of carbonyl (C=O) groups excluding carboxylic acids is 1. The first kappa shape index (κ1) is 23.1. The number of aliphatic hydroxyl groups is 3. The largest absolute Gasteiger partial charge is 0.393 e. The Balaban J connectivity index is 1.35. The molecule has 1 heterocycles. The molecule has 0 radical (unpaired) electrons. The number of benzene rings is 1. The molecule has 0 amide bonds. The molecule has 0 bridgehead atoms. The van der Waals surface area contributed by atoms with Gasteiger partial charge in [-0.15, -0.1) is 0 Å². The SMILES string of the molecule is Cc1ccc(-n2cc3c(n2)C=C2CC[C@@H]4[C@H]([C@@H](O)C[C@@]5(C)[C@H]4CC[C@]5(O)C(=O)CO)[C@@]2(C)C3)cc1. The van der Waals surface area contributed by atoms with E-state index in [0.717, 1.165) is 37.1 Å². The number of hydrogen-bond acceptors (Lipinski definition) is 5. The van der Waals surface area contributed by atoms with Crippen molar-refractivity contribution < 1.29 is 20.1 Å². The quantitative estimate of drug-likeness (QED) is 0.629. The number of carbonyl (C=O) groups is 1. The smallest absolute Gasteiger partial charge is 0.190 e. The van der Waals surface area contributed by atoms with Crippen LogP contribution in [0.15, 0.2) is 36.0 Å². The third-order valence-corrected chi connectivity index (χ3v) is 10.4. The highest BCUT2D eigenvalue weighted by Crippen LogP contribution is 2.67. The van der Waals surface area contributed by atoms with E-state index in [1.165, 1.54) is 16.7 Å². The molecule has 4 aliphatic rings. The lowest BCUT2D eigenvalue weighted by atomic mass is 9.45. The van der Waals surface area contributed by atoms with E-state index in [0.29, 0.717) is 12.8 Å². The van der Waals surface area contributed by atoms with E-state index in [-0.39, 0.29) is 23.2 Å². The molecule has 0 unspecified atom stereocenters. The lowest BCUT2D eigenvalue weighted by molar-refractivity contribution is -0.181. The highest BCUT2D eigenvalue weighted by molar-refractivity contribution is 5.89. The molecule has 1 aromatic carbocycles. The maximum absolute atomic E-state index is 12.6. The number of rotatable bonds is 3. The third kappa shape index (κ3) is 3.06. The van der Waals surface area contributed by atoms with Gasteiger partial charge in [-0.25, -0.2) is 4.68 Å². The number of nitrogens with zero attached hydrogens (tertiary/aromatic N) is 2. The Morgan fingerprint density at radius 2 is 1.94 bits per heavy atom. The molecule has 3 fully saturated rings. The Hall–Kier alpha value is -2.28. The van der Waals surface area contributed by atoms with Crippen LogP contribution in [-0.4, -0.2) is 49.2 Å². The first-order valence-electron chi connectivity index (χ1n) is 13.0. The summed E-state index contributed by atoms with van der Waals surface area (Å²) in [6.07, 6.45) is 8.02. The number of aliphatic hydroxyl groups excluding tert-OH is 2. The fourth-order valence-corrected chi connectivity index (χ4v) is 8.61. The number of Topliss-reactive ketones (excluding diaryl/α,β-unsaturated/α-hetero) is 1. The molecule has 6 rings (SSSR count). The van der Waals surface area contributed by atoms with Crippen molar-refractivity contribution in [3.63, 3.8) is 0 Å². The maximum atomic E-state index is 12.6. The topological polar surface area (TPSA) is 95.6 Å². The Bertz CT molecular complexity index is 1220. The van der Waals surface area contributed by atoms with Crippen LogP contribution in [-0.2, 0) is 11.2 Å². The zero-order chi connectivity index (χ0) is 24.8. The number of aromatic nitrogens is 2. The third-order valence-electron chi connectivity index (χ3n) is 10.4. The Morgan fingerprint density at radius 1 is 1.20 bits per heavy atom. The van der Waals surface area contributed by atoms with Gasteiger partial charge in [-0.3, -0.25) is 4.79 Å². The molecule has 6 nitrogen and oxygen atoms in total. The van der Waals surface area contributed by atoms with Crippen molar-refractivity contribution in [2.24, 2.45) is 28.6 Å². The second-order valence-electron chi connectivity index (χ2n) is 12.1. The number of allylic oxidation sites excluding steroid dienone is 1. The Morgan fingerprint density at radius 3 is 2.66 bits per heavy atom. The van der Waals surface area contributed by atoms with Crippen molar-refractivity contribution >= 4 is 11.9 Å². The molecule has 4 aliphatic carbocycles. The van der Waals surface area contributed by atoms with Crippen molar-refractivity contribution in [2.45, 2.75) is 71.0 Å². The first-order valence-corrected chi connectivity index (χ1v) is 13.0. The van der Waals surface area contributed by atoms with Crippen LogP contribution in [0, 0.1) is 35.5 Å². The molecule has 35 heavy (non-hydrogen) atoms. The van der Waals surface area contributed by atoms with E-state index in [9.17, 15) is 20.1 Å². The molecule has 1 aromatic heterocycles. The van der Waals surface area contributed by atoms with Gasteiger partial charge in [-0.2, -0.15) is 5.10 Å². The molecule has 0 aliphatic heterocycles.